The third-order valence-electron chi connectivity index (χ3n) is 7.91. The molecule has 53 heavy (non-hydrogen) atoms. The van der Waals surface area contributed by atoms with Crippen LogP contribution >= 0.6 is 11.8 Å². The van der Waals surface area contributed by atoms with Gasteiger partial charge < -0.3 is 43.4 Å². The molecule has 0 aliphatic heterocycles. The summed E-state index contributed by atoms with van der Waals surface area (Å²) in [7, 11) is 1.36. The van der Waals surface area contributed by atoms with E-state index in [1.807, 2.05) is 20.1 Å². The number of nitrogens with two attached hydrogens (primary N) is 3. The smallest absolute Gasteiger partial charge is 0.270 e. The zero-order valence-electron chi connectivity index (χ0n) is 30.6. The maximum atomic E-state index is 13.9. The van der Waals surface area contributed by atoms with Crippen LogP contribution in [0.25, 0.3) is 6.08 Å². The summed E-state index contributed by atoms with van der Waals surface area (Å²) >= 11 is 1.49. The molecular weight excluding hydrogens is 701 g/mol. The van der Waals surface area contributed by atoms with Crippen LogP contribution in [0, 0.1) is 5.92 Å². The fourth-order valence-corrected chi connectivity index (χ4v) is 5.55. The summed E-state index contributed by atoms with van der Waals surface area (Å²) in [5.74, 6) is -4.16. The van der Waals surface area contributed by atoms with Gasteiger partial charge in [0, 0.05) is 19.9 Å². The fraction of sp³-hybridized carbons (Fsp3) is 0.432. The summed E-state index contributed by atoms with van der Waals surface area (Å²) in [4.78, 5) is 91.4. The molecule has 15 nitrogen and oxygen atoms in total. The largest absolute Gasteiger partial charge is 0.370 e. The number of carbonyl (C=O) groups is 7. The van der Waals surface area contributed by atoms with Crippen LogP contribution in [-0.2, 0) is 40.0 Å². The number of thioether (sulfide) groups is 1. The highest BCUT2D eigenvalue weighted by atomic mass is 32.2. The Morgan fingerprint density at radius 2 is 1.40 bits per heavy atom. The Kier molecular flexibility index (Phi) is 18.8. The minimum Gasteiger partial charge on any atom is -0.370 e. The Morgan fingerprint density at radius 1 is 0.792 bits per heavy atom. The van der Waals surface area contributed by atoms with Crippen LogP contribution in [0.4, 0.5) is 0 Å². The van der Waals surface area contributed by atoms with Crippen molar-refractivity contribution in [1.29, 1.82) is 0 Å². The lowest BCUT2D eigenvalue weighted by Crippen LogP contribution is -2.55. The van der Waals surface area contributed by atoms with Crippen LogP contribution in [-0.4, -0.2) is 96.0 Å². The first kappa shape index (κ1) is 43.9. The van der Waals surface area contributed by atoms with E-state index >= 15 is 0 Å². The predicted octanol–water partition coefficient (Wildman–Crippen LogP) is 0.177. The van der Waals surface area contributed by atoms with Gasteiger partial charge in [-0.05, 0) is 54.4 Å². The molecule has 0 saturated heterocycles. The normalized spacial score (nSPS) is 13.5. The predicted molar refractivity (Wildman–Crippen MR) is 204 cm³/mol. The summed E-state index contributed by atoms with van der Waals surface area (Å²) < 4.78 is 0. The van der Waals surface area contributed by atoms with E-state index < -0.39 is 72.1 Å². The first-order valence-corrected chi connectivity index (χ1v) is 18.6. The minimum absolute atomic E-state index is 0.0127. The Bertz CT molecular complexity index is 1590. The van der Waals surface area contributed by atoms with Gasteiger partial charge in [-0.3, -0.25) is 33.6 Å². The SMILES string of the molecule is CSCC[C@H](NC(=O)[C@H](CC(C)C)NC(=O)CN(C)C(=O)/C(=C\c1ccccc1)NC(=O)[C@H](Cc1ccccc1)NC(=O)[C@@H](N)CCC(N)=O)C(N)=O. The molecule has 0 aliphatic rings. The molecule has 0 heterocycles. The van der Waals surface area contributed by atoms with Gasteiger partial charge in [0.2, 0.25) is 35.4 Å². The fourth-order valence-electron chi connectivity index (χ4n) is 5.08. The van der Waals surface area contributed by atoms with Gasteiger partial charge >= 0.3 is 0 Å². The van der Waals surface area contributed by atoms with Crippen LogP contribution in [0.1, 0.15) is 50.7 Å². The van der Waals surface area contributed by atoms with Gasteiger partial charge in [0.05, 0.1) is 12.6 Å². The first-order chi connectivity index (χ1) is 25.1. The van der Waals surface area contributed by atoms with Gasteiger partial charge in [-0.2, -0.15) is 11.8 Å². The molecule has 0 spiro atoms. The number of rotatable bonds is 22. The van der Waals surface area contributed by atoms with Crippen molar-refractivity contribution < 1.29 is 33.6 Å². The summed E-state index contributed by atoms with van der Waals surface area (Å²) in [6.07, 6.45) is 3.74. The highest BCUT2D eigenvalue weighted by molar-refractivity contribution is 7.98. The summed E-state index contributed by atoms with van der Waals surface area (Å²) in [6, 6.07) is 13.3. The number of nitrogens with one attached hydrogen (secondary N) is 4. The van der Waals surface area contributed by atoms with Crippen molar-refractivity contribution in [3.63, 3.8) is 0 Å². The third kappa shape index (κ3) is 16.3. The minimum atomic E-state index is -1.19. The van der Waals surface area contributed by atoms with E-state index in [1.54, 1.807) is 60.7 Å². The average Bonchev–Trinajstić information content (AvgIpc) is 3.11. The van der Waals surface area contributed by atoms with E-state index in [0.717, 1.165) is 4.90 Å². The molecule has 0 bridgehead atoms. The quantitative estimate of drug-likeness (QED) is 0.0810. The van der Waals surface area contributed by atoms with Gasteiger partial charge in [0.25, 0.3) is 5.91 Å². The van der Waals surface area contributed by atoms with Crippen LogP contribution < -0.4 is 38.5 Å². The highest BCUT2D eigenvalue weighted by Gasteiger charge is 2.30. The average molecular weight is 753 g/mol. The van der Waals surface area contributed by atoms with Crippen molar-refractivity contribution in [2.24, 2.45) is 23.1 Å². The second kappa shape index (κ2) is 22.7. The Labute approximate surface area is 314 Å². The van der Waals surface area contributed by atoms with E-state index in [0.29, 0.717) is 23.3 Å². The monoisotopic (exact) mass is 752 g/mol. The van der Waals surface area contributed by atoms with E-state index in [-0.39, 0.29) is 37.3 Å². The molecule has 0 unspecified atom stereocenters. The van der Waals surface area contributed by atoms with Gasteiger partial charge in [-0.15, -0.1) is 0 Å². The number of primary amides is 2. The van der Waals surface area contributed by atoms with Crippen molar-refractivity contribution in [3.05, 3.63) is 77.5 Å². The number of hydrogen-bond acceptors (Lipinski definition) is 9. The Balaban J connectivity index is 2.31. The maximum Gasteiger partial charge on any atom is 0.270 e. The van der Waals surface area contributed by atoms with Crippen molar-refractivity contribution >= 4 is 59.2 Å². The molecule has 0 aliphatic carbocycles. The molecule has 2 rings (SSSR count). The van der Waals surface area contributed by atoms with Crippen molar-refractivity contribution in [1.82, 2.24) is 26.2 Å². The topological polar surface area (TPSA) is 249 Å². The lowest BCUT2D eigenvalue weighted by Gasteiger charge is -2.25. The molecule has 4 atom stereocenters. The second-order valence-electron chi connectivity index (χ2n) is 13.0. The molecule has 0 aromatic heterocycles. The molecule has 7 amide bonds. The Hall–Kier alpha value is -5.22. The molecule has 0 saturated carbocycles. The zero-order chi connectivity index (χ0) is 39.5. The molecule has 2 aromatic carbocycles. The molecule has 16 heteroatoms. The van der Waals surface area contributed by atoms with E-state index in [1.165, 1.54) is 24.9 Å². The third-order valence-corrected chi connectivity index (χ3v) is 8.55. The number of hydrogen-bond donors (Lipinski definition) is 7. The first-order valence-electron chi connectivity index (χ1n) is 17.2. The molecule has 0 fully saturated rings. The Morgan fingerprint density at radius 3 is 1.96 bits per heavy atom. The van der Waals surface area contributed by atoms with Gasteiger partial charge in [-0.25, -0.2) is 0 Å². The second-order valence-corrected chi connectivity index (χ2v) is 14.0. The summed E-state index contributed by atoms with van der Waals surface area (Å²) in [6.45, 7) is 3.24. The molecular formula is C37H52N8O7S. The number of amides is 7. The van der Waals surface area contributed by atoms with Crippen LogP contribution in [0.3, 0.4) is 0 Å². The number of likely N-dealkylation sites (N-methyl/N-ethyl adjacent to an activating group) is 1. The molecule has 2 aromatic rings. The van der Waals surface area contributed by atoms with Crippen molar-refractivity contribution in [2.45, 2.75) is 70.1 Å². The van der Waals surface area contributed by atoms with Crippen LogP contribution in [0.15, 0.2) is 66.4 Å². The van der Waals surface area contributed by atoms with Crippen molar-refractivity contribution in [3.8, 4) is 0 Å². The lowest BCUT2D eigenvalue weighted by molar-refractivity contribution is -0.135. The van der Waals surface area contributed by atoms with Gasteiger partial charge in [0.1, 0.15) is 23.8 Å². The van der Waals surface area contributed by atoms with Crippen molar-refractivity contribution in [2.75, 3.05) is 25.6 Å². The zero-order valence-corrected chi connectivity index (χ0v) is 31.4. The van der Waals surface area contributed by atoms with Gasteiger partial charge in [0.15, 0.2) is 0 Å². The van der Waals surface area contributed by atoms with E-state index in [4.69, 9.17) is 17.2 Å². The molecule has 0 radical (unpaired) electrons. The van der Waals surface area contributed by atoms with E-state index in [9.17, 15) is 33.6 Å². The standard InChI is InChI=1S/C37H52N8O7S/c1-23(2)19-28(35(50)42-27(33(40)48)17-18-53-4)41-32(47)22-45(3)37(52)30(21-25-13-9-6-10-14-25)44-36(51)29(20-24-11-7-5-8-12-24)43-34(49)26(38)15-16-31(39)46/h5-14,21,23,26-29H,15-20,22,38H2,1-4H3,(H2,39,46)(H2,40,48)(H,41,47)(H,42,50)(H,43,49)(H,44,51)/b30-21+/t26-,27-,28-,29-/m0/s1. The maximum absolute atomic E-state index is 13.9. The van der Waals surface area contributed by atoms with Crippen LogP contribution in [0.5, 0.6) is 0 Å². The number of benzene rings is 2. The number of nitrogens with zero attached hydrogens (tertiary/aromatic N) is 1. The van der Waals surface area contributed by atoms with Gasteiger partial charge in [-0.1, -0.05) is 74.5 Å². The van der Waals surface area contributed by atoms with E-state index in [2.05, 4.69) is 21.3 Å². The molecule has 288 valence electrons. The highest BCUT2D eigenvalue weighted by Crippen LogP contribution is 2.11. The molecule has 10 N–H and O–H groups in total. The van der Waals surface area contributed by atoms with Crippen LogP contribution in [0.2, 0.25) is 0 Å². The lowest BCUT2D eigenvalue weighted by atomic mass is 10.0. The number of carbonyl (C=O) groups excluding carboxylic acids is 7. The summed E-state index contributed by atoms with van der Waals surface area (Å²) in [5.41, 5.74) is 17.7. The summed E-state index contributed by atoms with van der Waals surface area (Å²) in [5, 5.41) is 10.5.